The molecule has 0 spiro atoms. The summed E-state index contributed by atoms with van der Waals surface area (Å²) >= 11 is 7.44. The highest BCUT2D eigenvalue weighted by Gasteiger charge is 2.31. The van der Waals surface area contributed by atoms with Crippen molar-refractivity contribution in [3.63, 3.8) is 0 Å². The lowest BCUT2D eigenvalue weighted by Crippen LogP contribution is -2.24. The molecule has 1 unspecified atom stereocenters. The minimum absolute atomic E-state index is 0.0539. The van der Waals surface area contributed by atoms with Crippen LogP contribution in [0.3, 0.4) is 0 Å². The highest BCUT2D eigenvalue weighted by Crippen LogP contribution is 2.27. The molecule has 1 aromatic heterocycles. The van der Waals surface area contributed by atoms with E-state index in [1.807, 2.05) is 0 Å². The predicted octanol–water partition coefficient (Wildman–Crippen LogP) is 2.22. The van der Waals surface area contributed by atoms with Crippen LogP contribution >= 0.6 is 22.9 Å². The first-order valence-electron chi connectivity index (χ1n) is 5.47. The third-order valence-corrected chi connectivity index (χ3v) is 3.81. The Balaban J connectivity index is 2.04. The molecule has 2 rings (SSSR count). The van der Waals surface area contributed by atoms with Gasteiger partial charge in [-0.1, -0.05) is 24.7 Å². The maximum atomic E-state index is 11.6. The molecular weight excluding hydrogens is 246 g/mol. The molecule has 0 aliphatic carbocycles. The zero-order chi connectivity index (χ0) is 11.5. The fourth-order valence-corrected chi connectivity index (χ4v) is 2.81. The summed E-state index contributed by atoms with van der Waals surface area (Å²) in [6.45, 7) is 2.70. The second-order valence-electron chi connectivity index (χ2n) is 3.89. The molecule has 0 saturated carbocycles. The number of aromatic nitrogens is 2. The molecule has 0 N–H and O–H groups in total. The number of nitrogens with zero attached hydrogens (tertiary/aromatic N) is 3. The number of aryl methyl sites for hydroxylation is 1. The average molecular weight is 260 g/mol. The molecule has 88 valence electrons. The van der Waals surface area contributed by atoms with E-state index in [0.717, 1.165) is 24.3 Å². The van der Waals surface area contributed by atoms with Gasteiger partial charge >= 0.3 is 0 Å². The monoisotopic (exact) mass is 259 g/mol. The van der Waals surface area contributed by atoms with Crippen LogP contribution in [-0.4, -0.2) is 28.0 Å². The van der Waals surface area contributed by atoms with E-state index >= 15 is 0 Å². The summed E-state index contributed by atoms with van der Waals surface area (Å²) in [5.74, 6) is 0.0539. The van der Waals surface area contributed by atoms with E-state index in [1.165, 1.54) is 11.3 Å². The van der Waals surface area contributed by atoms with Gasteiger partial charge in [0, 0.05) is 19.4 Å². The molecule has 1 fully saturated rings. The van der Waals surface area contributed by atoms with E-state index < -0.39 is 0 Å². The van der Waals surface area contributed by atoms with Gasteiger partial charge in [0.25, 0.3) is 0 Å². The largest absolute Gasteiger partial charge is 0.285 e. The molecule has 4 nitrogen and oxygen atoms in total. The van der Waals surface area contributed by atoms with E-state index in [2.05, 4.69) is 17.1 Å². The molecule has 0 aromatic carbocycles. The highest BCUT2D eigenvalue weighted by molar-refractivity contribution is 7.15. The minimum Gasteiger partial charge on any atom is -0.285 e. The molecule has 16 heavy (non-hydrogen) atoms. The molecule has 6 heteroatoms. The summed E-state index contributed by atoms with van der Waals surface area (Å²) in [6.07, 6.45) is 3.61. The number of carbonyl (C=O) groups is 1. The van der Waals surface area contributed by atoms with Gasteiger partial charge in [-0.3, -0.25) is 9.69 Å². The number of amides is 1. The summed E-state index contributed by atoms with van der Waals surface area (Å²) < 4.78 is 0. The predicted molar refractivity (Wildman–Crippen MR) is 65.1 cm³/mol. The van der Waals surface area contributed by atoms with E-state index in [-0.39, 0.29) is 11.3 Å². The Labute approximate surface area is 104 Å². The van der Waals surface area contributed by atoms with Crippen LogP contribution in [0.2, 0.25) is 0 Å². The van der Waals surface area contributed by atoms with E-state index in [9.17, 15) is 4.79 Å². The van der Waals surface area contributed by atoms with Gasteiger partial charge in [-0.2, -0.15) is 0 Å². The standard InChI is InChI=1S/C10H14ClN3OS/c1-2-3-4-8-12-13-10(16-8)14-6-7(11)5-9(14)15/h7H,2-6H2,1H3. The van der Waals surface area contributed by atoms with Gasteiger partial charge in [0.2, 0.25) is 11.0 Å². The normalized spacial score (nSPS) is 20.8. The Morgan fingerprint density at radius 1 is 1.56 bits per heavy atom. The van der Waals surface area contributed by atoms with Gasteiger partial charge < -0.3 is 0 Å². The molecule has 1 saturated heterocycles. The van der Waals surface area contributed by atoms with Crippen molar-refractivity contribution in [3.05, 3.63) is 5.01 Å². The van der Waals surface area contributed by atoms with Crippen LogP contribution in [0.4, 0.5) is 5.13 Å². The molecule has 1 amide bonds. The van der Waals surface area contributed by atoms with Crippen LogP contribution in [0.1, 0.15) is 31.2 Å². The third kappa shape index (κ3) is 2.52. The van der Waals surface area contributed by atoms with Crippen molar-refractivity contribution in [3.8, 4) is 0 Å². The number of rotatable bonds is 4. The number of halogens is 1. The van der Waals surface area contributed by atoms with Crippen molar-refractivity contribution in [2.24, 2.45) is 0 Å². The van der Waals surface area contributed by atoms with Gasteiger partial charge in [0.05, 0.1) is 5.38 Å². The van der Waals surface area contributed by atoms with Crippen molar-refractivity contribution in [2.45, 2.75) is 38.0 Å². The molecule has 0 radical (unpaired) electrons. The third-order valence-electron chi connectivity index (χ3n) is 2.51. The molecule has 0 bridgehead atoms. The van der Waals surface area contributed by atoms with Crippen LogP contribution in [0.5, 0.6) is 0 Å². The molecule has 1 atom stereocenters. The number of hydrogen-bond donors (Lipinski definition) is 0. The van der Waals surface area contributed by atoms with Crippen LogP contribution < -0.4 is 4.90 Å². The Hall–Kier alpha value is -0.680. The van der Waals surface area contributed by atoms with Gasteiger partial charge in [-0.25, -0.2) is 0 Å². The van der Waals surface area contributed by atoms with Gasteiger partial charge in [-0.05, 0) is 6.42 Å². The van der Waals surface area contributed by atoms with Gasteiger partial charge in [-0.15, -0.1) is 21.8 Å². The van der Waals surface area contributed by atoms with E-state index in [0.29, 0.717) is 18.1 Å². The zero-order valence-electron chi connectivity index (χ0n) is 9.15. The zero-order valence-corrected chi connectivity index (χ0v) is 10.7. The minimum atomic E-state index is -0.0875. The Morgan fingerprint density at radius 2 is 2.38 bits per heavy atom. The SMILES string of the molecule is CCCCc1nnc(N2CC(Cl)CC2=O)s1. The van der Waals surface area contributed by atoms with Crippen molar-refractivity contribution in [2.75, 3.05) is 11.4 Å². The summed E-state index contributed by atoms with van der Waals surface area (Å²) in [5, 5.41) is 9.75. The fourth-order valence-electron chi connectivity index (χ4n) is 1.63. The smallest absolute Gasteiger partial charge is 0.230 e. The summed E-state index contributed by atoms with van der Waals surface area (Å²) in [6, 6.07) is 0. The first kappa shape index (κ1) is 11.8. The van der Waals surface area contributed by atoms with Crippen LogP contribution in [-0.2, 0) is 11.2 Å². The fraction of sp³-hybridized carbons (Fsp3) is 0.700. The Kier molecular flexibility index (Phi) is 3.76. The molecule has 2 heterocycles. The summed E-state index contributed by atoms with van der Waals surface area (Å²) in [5.41, 5.74) is 0. The lowest BCUT2D eigenvalue weighted by molar-refractivity contribution is -0.117. The topological polar surface area (TPSA) is 46.1 Å². The quantitative estimate of drug-likeness (QED) is 0.779. The van der Waals surface area contributed by atoms with Crippen molar-refractivity contribution in [1.82, 2.24) is 10.2 Å². The van der Waals surface area contributed by atoms with Gasteiger partial charge in [0.1, 0.15) is 5.01 Å². The Morgan fingerprint density at radius 3 is 3.00 bits per heavy atom. The average Bonchev–Trinajstić information content (AvgIpc) is 2.82. The summed E-state index contributed by atoms with van der Waals surface area (Å²) in [7, 11) is 0. The van der Waals surface area contributed by atoms with Crippen LogP contribution in [0.25, 0.3) is 0 Å². The first-order chi connectivity index (χ1) is 7.70. The number of unbranched alkanes of at least 4 members (excludes halogenated alkanes) is 1. The molecular formula is C10H14ClN3OS. The number of hydrogen-bond acceptors (Lipinski definition) is 4. The lowest BCUT2D eigenvalue weighted by Gasteiger charge is -2.09. The van der Waals surface area contributed by atoms with E-state index in [1.54, 1.807) is 4.90 Å². The van der Waals surface area contributed by atoms with Crippen LogP contribution in [0.15, 0.2) is 0 Å². The highest BCUT2D eigenvalue weighted by atomic mass is 35.5. The van der Waals surface area contributed by atoms with Crippen molar-refractivity contribution >= 4 is 34.0 Å². The van der Waals surface area contributed by atoms with Crippen molar-refractivity contribution in [1.29, 1.82) is 0 Å². The van der Waals surface area contributed by atoms with Crippen molar-refractivity contribution < 1.29 is 4.79 Å². The molecule has 1 aliphatic rings. The Bertz CT molecular complexity index is 382. The number of alkyl halides is 1. The maximum absolute atomic E-state index is 11.6. The lowest BCUT2D eigenvalue weighted by atomic mass is 10.3. The summed E-state index contributed by atoms with van der Waals surface area (Å²) in [4.78, 5) is 13.2. The maximum Gasteiger partial charge on any atom is 0.230 e. The first-order valence-corrected chi connectivity index (χ1v) is 6.72. The molecule has 1 aliphatic heterocycles. The second-order valence-corrected chi connectivity index (χ2v) is 5.55. The van der Waals surface area contributed by atoms with E-state index in [4.69, 9.17) is 11.6 Å². The second kappa shape index (κ2) is 5.10. The number of anilines is 1. The number of carbonyl (C=O) groups excluding carboxylic acids is 1. The van der Waals surface area contributed by atoms with Gasteiger partial charge in [0.15, 0.2) is 0 Å². The van der Waals surface area contributed by atoms with Crippen LogP contribution in [0, 0.1) is 0 Å². The molecule has 1 aromatic rings.